The van der Waals surface area contributed by atoms with E-state index in [2.05, 4.69) is 5.32 Å². The van der Waals surface area contributed by atoms with Crippen LogP contribution in [-0.2, 0) is 0 Å². The van der Waals surface area contributed by atoms with Gasteiger partial charge >= 0.3 is 0 Å². The molecule has 1 aromatic carbocycles. The second-order valence-corrected chi connectivity index (χ2v) is 3.24. The van der Waals surface area contributed by atoms with E-state index < -0.39 is 23.8 Å². The van der Waals surface area contributed by atoms with Gasteiger partial charge in [0.2, 0.25) is 0 Å². The maximum absolute atomic E-state index is 13.2. The van der Waals surface area contributed by atoms with Gasteiger partial charge in [0, 0.05) is 12.1 Å². The van der Waals surface area contributed by atoms with Gasteiger partial charge in [0.15, 0.2) is 0 Å². The number of likely N-dealkylation sites (N-methyl/N-ethyl adjacent to an activating group) is 1. The van der Waals surface area contributed by atoms with Crippen molar-refractivity contribution in [3.05, 3.63) is 35.4 Å². The SMILES string of the molecule is CNCC(O)C(O)c1cc(F)ccc1F. The second kappa shape index (κ2) is 5.16. The molecule has 0 aliphatic carbocycles. The van der Waals surface area contributed by atoms with Crippen LogP contribution in [0.15, 0.2) is 18.2 Å². The summed E-state index contributed by atoms with van der Waals surface area (Å²) in [5, 5.41) is 21.5. The Labute approximate surface area is 86.4 Å². The third-order valence-corrected chi connectivity index (χ3v) is 2.05. The molecule has 0 bridgehead atoms. The molecule has 3 N–H and O–H groups in total. The van der Waals surface area contributed by atoms with E-state index in [0.29, 0.717) is 0 Å². The van der Waals surface area contributed by atoms with Gasteiger partial charge in [-0.05, 0) is 25.2 Å². The van der Waals surface area contributed by atoms with Crippen LogP contribution in [-0.4, -0.2) is 29.9 Å². The Hall–Kier alpha value is -1.04. The molecule has 0 amide bonds. The van der Waals surface area contributed by atoms with Crippen LogP contribution in [0.2, 0.25) is 0 Å². The molecule has 3 nitrogen and oxygen atoms in total. The Morgan fingerprint density at radius 1 is 1.33 bits per heavy atom. The molecule has 1 rings (SSSR count). The average molecular weight is 217 g/mol. The highest BCUT2D eigenvalue weighted by Gasteiger charge is 2.21. The highest BCUT2D eigenvalue weighted by molar-refractivity contribution is 5.22. The highest BCUT2D eigenvalue weighted by atomic mass is 19.1. The number of hydrogen-bond donors (Lipinski definition) is 3. The molecule has 84 valence electrons. The number of benzene rings is 1. The molecule has 2 unspecified atom stereocenters. The highest BCUT2D eigenvalue weighted by Crippen LogP contribution is 2.20. The van der Waals surface area contributed by atoms with Crippen molar-refractivity contribution in [2.24, 2.45) is 0 Å². The van der Waals surface area contributed by atoms with Gasteiger partial charge in [-0.2, -0.15) is 0 Å². The van der Waals surface area contributed by atoms with Gasteiger partial charge in [0.05, 0.1) is 6.10 Å². The van der Waals surface area contributed by atoms with Crippen molar-refractivity contribution in [2.45, 2.75) is 12.2 Å². The standard InChI is InChI=1S/C10H13F2NO2/c1-13-5-9(14)10(15)7-4-6(11)2-3-8(7)12/h2-4,9-10,13-15H,5H2,1H3. The van der Waals surface area contributed by atoms with Gasteiger partial charge in [-0.3, -0.25) is 0 Å². The van der Waals surface area contributed by atoms with Crippen LogP contribution >= 0.6 is 0 Å². The predicted octanol–water partition coefficient (Wildman–Crippen LogP) is 0.579. The lowest BCUT2D eigenvalue weighted by Gasteiger charge is -2.18. The number of halogens is 2. The minimum atomic E-state index is -1.44. The van der Waals surface area contributed by atoms with E-state index in [4.69, 9.17) is 0 Å². The Balaban J connectivity index is 2.89. The minimum Gasteiger partial charge on any atom is -0.389 e. The maximum Gasteiger partial charge on any atom is 0.129 e. The Morgan fingerprint density at radius 2 is 2.00 bits per heavy atom. The van der Waals surface area contributed by atoms with Crippen molar-refractivity contribution in [2.75, 3.05) is 13.6 Å². The zero-order chi connectivity index (χ0) is 11.4. The first-order valence-corrected chi connectivity index (χ1v) is 4.52. The van der Waals surface area contributed by atoms with Crippen LogP contribution < -0.4 is 5.32 Å². The van der Waals surface area contributed by atoms with Crippen molar-refractivity contribution in [1.29, 1.82) is 0 Å². The lowest BCUT2D eigenvalue weighted by molar-refractivity contribution is 0.0180. The number of nitrogens with one attached hydrogen (secondary N) is 1. The normalized spacial score (nSPS) is 15.0. The summed E-state index contributed by atoms with van der Waals surface area (Å²) in [6.07, 6.45) is -2.61. The molecule has 15 heavy (non-hydrogen) atoms. The first-order chi connectivity index (χ1) is 7.06. The molecular formula is C10H13F2NO2. The second-order valence-electron chi connectivity index (χ2n) is 3.24. The molecule has 0 fully saturated rings. The summed E-state index contributed by atoms with van der Waals surface area (Å²) in [6, 6.07) is 2.74. The quantitative estimate of drug-likeness (QED) is 0.691. The molecule has 0 aromatic heterocycles. The first kappa shape index (κ1) is 12.0. The largest absolute Gasteiger partial charge is 0.389 e. The molecule has 0 aliphatic heterocycles. The zero-order valence-corrected chi connectivity index (χ0v) is 8.24. The van der Waals surface area contributed by atoms with E-state index >= 15 is 0 Å². The summed E-state index contributed by atoms with van der Waals surface area (Å²) in [4.78, 5) is 0. The van der Waals surface area contributed by atoms with Crippen LogP contribution in [0.1, 0.15) is 11.7 Å². The fourth-order valence-corrected chi connectivity index (χ4v) is 1.27. The molecule has 1 aromatic rings. The minimum absolute atomic E-state index is 0.0944. The van der Waals surface area contributed by atoms with Crippen LogP contribution in [0.5, 0.6) is 0 Å². The van der Waals surface area contributed by atoms with E-state index in [1.165, 1.54) is 0 Å². The van der Waals surface area contributed by atoms with Crippen molar-refractivity contribution < 1.29 is 19.0 Å². The van der Waals surface area contributed by atoms with Crippen LogP contribution in [0.25, 0.3) is 0 Å². The summed E-state index contributed by atoms with van der Waals surface area (Å²) in [5.41, 5.74) is -0.238. The van der Waals surface area contributed by atoms with Crippen LogP contribution in [0.4, 0.5) is 8.78 Å². The van der Waals surface area contributed by atoms with E-state index in [9.17, 15) is 19.0 Å². The Bertz CT molecular complexity index is 333. The van der Waals surface area contributed by atoms with Gasteiger partial charge < -0.3 is 15.5 Å². The van der Waals surface area contributed by atoms with E-state index in [1.54, 1.807) is 7.05 Å². The molecule has 0 saturated heterocycles. The third kappa shape index (κ3) is 2.95. The van der Waals surface area contributed by atoms with E-state index in [0.717, 1.165) is 18.2 Å². The fourth-order valence-electron chi connectivity index (χ4n) is 1.27. The lowest BCUT2D eigenvalue weighted by atomic mass is 10.0. The number of hydrogen-bond acceptors (Lipinski definition) is 3. The molecule has 0 spiro atoms. The van der Waals surface area contributed by atoms with Crippen molar-refractivity contribution in [1.82, 2.24) is 5.32 Å². The average Bonchev–Trinajstić information content (AvgIpc) is 2.21. The third-order valence-electron chi connectivity index (χ3n) is 2.05. The van der Waals surface area contributed by atoms with E-state index in [1.807, 2.05) is 0 Å². The topological polar surface area (TPSA) is 52.5 Å². The molecule has 0 aliphatic rings. The molecule has 2 atom stereocenters. The smallest absolute Gasteiger partial charge is 0.129 e. The number of rotatable bonds is 4. The fraction of sp³-hybridized carbons (Fsp3) is 0.400. The van der Waals surface area contributed by atoms with Gasteiger partial charge in [-0.1, -0.05) is 0 Å². The zero-order valence-electron chi connectivity index (χ0n) is 8.24. The first-order valence-electron chi connectivity index (χ1n) is 4.52. The lowest BCUT2D eigenvalue weighted by Crippen LogP contribution is -2.30. The predicted molar refractivity (Wildman–Crippen MR) is 51.3 cm³/mol. The Morgan fingerprint density at radius 3 is 2.60 bits per heavy atom. The van der Waals surface area contributed by atoms with E-state index in [-0.39, 0.29) is 12.1 Å². The number of aliphatic hydroxyl groups excluding tert-OH is 2. The van der Waals surface area contributed by atoms with Gasteiger partial charge in [-0.25, -0.2) is 8.78 Å². The van der Waals surface area contributed by atoms with Gasteiger partial charge in [0.25, 0.3) is 0 Å². The number of aliphatic hydroxyl groups is 2. The van der Waals surface area contributed by atoms with Crippen molar-refractivity contribution in [3.63, 3.8) is 0 Å². The molecule has 0 radical (unpaired) electrons. The van der Waals surface area contributed by atoms with Gasteiger partial charge in [0.1, 0.15) is 17.7 Å². The summed E-state index contributed by atoms with van der Waals surface area (Å²) >= 11 is 0. The summed E-state index contributed by atoms with van der Waals surface area (Å²) in [7, 11) is 1.58. The maximum atomic E-state index is 13.2. The van der Waals surface area contributed by atoms with Crippen LogP contribution in [0, 0.1) is 11.6 Å². The molecule has 0 heterocycles. The van der Waals surface area contributed by atoms with Crippen molar-refractivity contribution >= 4 is 0 Å². The summed E-state index contributed by atoms with van der Waals surface area (Å²) in [5.74, 6) is -1.39. The molecule has 0 saturated carbocycles. The monoisotopic (exact) mass is 217 g/mol. The molecular weight excluding hydrogens is 204 g/mol. The van der Waals surface area contributed by atoms with Crippen molar-refractivity contribution in [3.8, 4) is 0 Å². The van der Waals surface area contributed by atoms with Gasteiger partial charge in [-0.15, -0.1) is 0 Å². The summed E-state index contributed by atoms with van der Waals surface area (Å²) in [6.45, 7) is 0.0944. The molecule has 5 heteroatoms. The van der Waals surface area contributed by atoms with Crippen LogP contribution in [0.3, 0.4) is 0 Å². The summed E-state index contributed by atoms with van der Waals surface area (Å²) < 4.78 is 25.9. The Kier molecular flexibility index (Phi) is 4.14.